The number of rotatable bonds is 4. The van der Waals surface area contributed by atoms with Crippen molar-refractivity contribution in [1.29, 1.82) is 0 Å². The van der Waals surface area contributed by atoms with Crippen LogP contribution in [0.15, 0.2) is 30.5 Å². The third-order valence-corrected chi connectivity index (χ3v) is 2.79. The fourth-order valence-electron chi connectivity index (χ4n) is 1.55. The molecule has 2 aromatic rings. The molecule has 0 radical (unpaired) electrons. The molecule has 0 fully saturated rings. The summed E-state index contributed by atoms with van der Waals surface area (Å²) in [5, 5.41) is 4.05. The normalized spacial score (nSPS) is 11.1. The van der Waals surface area contributed by atoms with Gasteiger partial charge in [-0.2, -0.15) is 0 Å². The van der Waals surface area contributed by atoms with Gasteiger partial charge in [-0.15, -0.1) is 0 Å². The molecule has 1 aromatic heterocycles. The molecule has 17 heavy (non-hydrogen) atoms. The third kappa shape index (κ3) is 3.08. The van der Waals surface area contributed by atoms with E-state index in [2.05, 4.69) is 29.1 Å². The van der Waals surface area contributed by atoms with Gasteiger partial charge in [0.25, 0.3) is 0 Å². The van der Waals surface area contributed by atoms with Crippen LogP contribution in [-0.4, -0.2) is 16.0 Å². The van der Waals surface area contributed by atoms with Gasteiger partial charge in [0, 0.05) is 30.0 Å². The molecule has 0 saturated carbocycles. The highest BCUT2D eigenvalue weighted by atomic mass is 35.5. The van der Waals surface area contributed by atoms with E-state index in [4.69, 9.17) is 11.6 Å². The van der Waals surface area contributed by atoms with Gasteiger partial charge in [-0.05, 0) is 12.1 Å². The van der Waals surface area contributed by atoms with E-state index >= 15 is 0 Å². The van der Waals surface area contributed by atoms with E-state index in [-0.39, 0.29) is 0 Å². The Morgan fingerprint density at radius 2 is 2.12 bits per heavy atom. The first kappa shape index (κ1) is 12.1. The second-order valence-electron chi connectivity index (χ2n) is 4.27. The predicted octanol–water partition coefficient (Wildman–Crippen LogP) is 3.23. The summed E-state index contributed by atoms with van der Waals surface area (Å²) in [6.45, 7) is 5.02. The highest BCUT2D eigenvalue weighted by molar-refractivity contribution is 6.33. The summed E-state index contributed by atoms with van der Waals surface area (Å²) >= 11 is 6.12. The van der Waals surface area contributed by atoms with Gasteiger partial charge < -0.3 is 10.3 Å². The molecule has 0 bridgehead atoms. The molecule has 90 valence electrons. The van der Waals surface area contributed by atoms with Crippen LogP contribution in [0, 0.1) is 0 Å². The molecule has 0 spiro atoms. The fourth-order valence-corrected chi connectivity index (χ4v) is 1.78. The largest absolute Gasteiger partial charge is 0.341 e. The highest BCUT2D eigenvalue weighted by Gasteiger charge is 2.06. The maximum absolute atomic E-state index is 6.12. The van der Waals surface area contributed by atoms with Crippen molar-refractivity contribution in [3.05, 3.63) is 41.2 Å². The molecule has 0 aliphatic heterocycles. The van der Waals surface area contributed by atoms with Crippen LogP contribution in [0.2, 0.25) is 5.02 Å². The van der Waals surface area contributed by atoms with Crippen molar-refractivity contribution in [2.24, 2.45) is 0 Å². The standard InChI is InChI=1S/C13H16ClN3/c1-9(2)15-7-10-8-16-13(17-10)11-5-3-4-6-12(11)14/h3-6,8-9,15H,7H2,1-2H3,(H,16,17). The number of hydrogen-bond acceptors (Lipinski definition) is 2. The van der Waals surface area contributed by atoms with Crippen molar-refractivity contribution in [3.8, 4) is 11.4 Å². The number of aromatic nitrogens is 2. The zero-order valence-electron chi connectivity index (χ0n) is 10.00. The minimum absolute atomic E-state index is 0.460. The van der Waals surface area contributed by atoms with E-state index in [0.29, 0.717) is 11.1 Å². The lowest BCUT2D eigenvalue weighted by molar-refractivity contribution is 0.583. The van der Waals surface area contributed by atoms with Crippen LogP contribution in [-0.2, 0) is 6.54 Å². The molecule has 4 heteroatoms. The highest BCUT2D eigenvalue weighted by Crippen LogP contribution is 2.24. The van der Waals surface area contributed by atoms with Crippen LogP contribution in [0.4, 0.5) is 0 Å². The van der Waals surface area contributed by atoms with Gasteiger partial charge in [0.15, 0.2) is 0 Å². The zero-order chi connectivity index (χ0) is 12.3. The van der Waals surface area contributed by atoms with Crippen molar-refractivity contribution >= 4 is 11.6 Å². The van der Waals surface area contributed by atoms with E-state index in [1.54, 1.807) is 0 Å². The molecular formula is C13H16ClN3. The van der Waals surface area contributed by atoms with Gasteiger partial charge >= 0.3 is 0 Å². The number of imidazole rings is 1. The van der Waals surface area contributed by atoms with Crippen molar-refractivity contribution in [3.63, 3.8) is 0 Å². The number of aromatic amines is 1. The summed E-state index contributed by atoms with van der Waals surface area (Å²) in [7, 11) is 0. The Labute approximate surface area is 106 Å². The lowest BCUT2D eigenvalue weighted by atomic mass is 10.2. The summed E-state index contributed by atoms with van der Waals surface area (Å²) in [4.78, 5) is 7.61. The minimum atomic E-state index is 0.460. The summed E-state index contributed by atoms with van der Waals surface area (Å²) in [6, 6.07) is 8.15. The maximum atomic E-state index is 6.12. The van der Waals surface area contributed by atoms with Crippen molar-refractivity contribution < 1.29 is 0 Å². The summed E-state index contributed by atoms with van der Waals surface area (Å²) in [5.74, 6) is 0.816. The molecule has 0 aliphatic rings. The number of nitrogens with zero attached hydrogens (tertiary/aromatic N) is 1. The van der Waals surface area contributed by atoms with Gasteiger partial charge in [-0.1, -0.05) is 37.6 Å². The van der Waals surface area contributed by atoms with E-state index in [0.717, 1.165) is 23.6 Å². The van der Waals surface area contributed by atoms with Crippen molar-refractivity contribution in [1.82, 2.24) is 15.3 Å². The first-order valence-corrected chi connectivity index (χ1v) is 6.07. The molecule has 2 N–H and O–H groups in total. The number of benzene rings is 1. The summed E-state index contributed by atoms with van der Waals surface area (Å²) in [6.07, 6.45) is 1.84. The van der Waals surface area contributed by atoms with Crippen LogP contribution in [0.1, 0.15) is 19.5 Å². The first-order valence-electron chi connectivity index (χ1n) is 5.69. The molecule has 0 unspecified atom stereocenters. The maximum Gasteiger partial charge on any atom is 0.139 e. The van der Waals surface area contributed by atoms with Gasteiger partial charge in [0.2, 0.25) is 0 Å². The van der Waals surface area contributed by atoms with E-state index in [1.807, 2.05) is 30.5 Å². The topological polar surface area (TPSA) is 40.7 Å². The Bertz CT molecular complexity index is 491. The minimum Gasteiger partial charge on any atom is -0.341 e. The van der Waals surface area contributed by atoms with Gasteiger partial charge in [0.05, 0.1) is 5.02 Å². The van der Waals surface area contributed by atoms with Crippen LogP contribution in [0.25, 0.3) is 11.4 Å². The molecule has 1 heterocycles. The van der Waals surface area contributed by atoms with Crippen LogP contribution in [0.5, 0.6) is 0 Å². The number of halogens is 1. The molecular weight excluding hydrogens is 234 g/mol. The first-order chi connectivity index (χ1) is 8.16. The van der Waals surface area contributed by atoms with E-state index in [1.165, 1.54) is 0 Å². The Morgan fingerprint density at radius 1 is 1.35 bits per heavy atom. The Kier molecular flexibility index (Phi) is 3.82. The van der Waals surface area contributed by atoms with E-state index in [9.17, 15) is 0 Å². The zero-order valence-corrected chi connectivity index (χ0v) is 10.8. The van der Waals surface area contributed by atoms with Crippen LogP contribution < -0.4 is 5.32 Å². The number of hydrogen-bond donors (Lipinski definition) is 2. The molecule has 0 amide bonds. The van der Waals surface area contributed by atoms with Gasteiger partial charge in [-0.3, -0.25) is 0 Å². The van der Waals surface area contributed by atoms with Gasteiger partial charge in [-0.25, -0.2) is 4.98 Å². The van der Waals surface area contributed by atoms with E-state index < -0.39 is 0 Å². The molecule has 0 atom stereocenters. The third-order valence-electron chi connectivity index (χ3n) is 2.46. The summed E-state index contributed by atoms with van der Waals surface area (Å²) in [5.41, 5.74) is 2.00. The Morgan fingerprint density at radius 3 is 2.82 bits per heavy atom. The quantitative estimate of drug-likeness (QED) is 0.874. The molecule has 3 nitrogen and oxygen atoms in total. The average molecular weight is 250 g/mol. The fraction of sp³-hybridized carbons (Fsp3) is 0.308. The predicted molar refractivity (Wildman–Crippen MR) is 71.0 cm³/mol. The average Bonchev–Trinajstić information content (AvgIpc) is 2.75. The van der Waals surface area contributed by atoms with Crippen LogP contribution in [0.3, 0.4) is 0 Å². The van der Waals surface area contributed by atoms with Crippen LogP contribution >= 0.6 is 11.6 Å². The van der Waals surface area contributed by atoms with Crippen molar-refractivity contribution in [2.45, 2.75) is 26.4 Å². The SMILES string of the molecule is CC(C)NCc1cnc(-c2ccccc2Cl)[nH]1. The molecule has 2 rings (SSSR count). The summed E-state index contributed by atoms with van der Waals surface area (Å²) < 4.78 is 0. The Balaban J connectivity index is 2.16. The van der Waals surface area contributed by atoms with Gasteiger partial charge in [0.1, 0.15) is 5.82 Å². The lowest BCUT2D eigenvalue weighted by Gasteiger charge is -2.05. The number of nitrogens with one attached hydrogen (secondary N) is 2. The second kappa shape index (κ2) is 5.34. The molecule has 0 saturated heterocycles. The van der Waals surface area contributed by atoms with Crippen molar-refractivity contribution in [2.75, 3.05) is 0 Å². The second-order valence-corrected chi connectivity index (χ2v) is 4.68. The molecule has 1 aromatic carbocycles. The lowest BCUT2D eigenvalue weighted by Crippen LogP contribution is -2.21. The smallest absolute Gasteiger partial charge is 0.139 e. The molecule has 0 aliphatic carbocycles. The Hall–Kier alpha value is -1.32. The monoisotopic (exact) mass is 249 g/mol. The number of H-pyrrole nitrogens is 1.